The minimum absolute atomic E-state index is 0.0515. The van der Waals surface area contributed by atoms with Gasteiger partial charge in [-0.2, -0.15) is 0 Å². The first kappa shape index (κ1) is 22.2. The van der Waals surface area contributed by atoms with E-state index in [4.69, 9.17) is 16.0 Å². The number of nitrogens with one attached hydrogen (secondary N) is 1. The number of rotatable bonds is 6. The Morgan fingerprint density at radius 2 is 1.97 bits per heavy atom. The average molecular weight is 454 g/mol. The summed E-state index contributed by atoms with van der Waals surface area (Å²) in [4.78, 5) is 29.6. The zero-order valence-electron chi connectivity index (χ0n) is 18.4. The lowest BCUT2D eigenvalue weighted by Gasteiger charge is -2.29. The van der Waals surface area contributed by atoms with Crippen molar-refractivity contribution in [1.29, 1.82) is 0 Å². The number of carbonyl (C=O) groups is 2. The van der Waals surface area contributed by atoms with Crippen LogP contribution in [0.5, 0.6) is 0 Å². The lowest BCUT2D eigenvalue weighted by molar-refractivity contribution is -0.134. The maximum absolute atomic E-state index is 13.1. The van der Waals surface area contributed by atoms with Gasteiger partial charge < -0.3 is 19.5 Å². The number of amides is 3. The van der Waals surface area contributed by atoms with Gasteiger partial charge in [-0.1, -0.05) is 48.9 Å². The maximum Gasteiger partial charge on any atom is 0.318 e. The first-order valence-electron chi connectivity index (χ1n) is 11.0. The summed E-state index contributed by atoms with van der Waals surface area (Å²) in [6.07, 6.45) is 2.16. The first-order chi connectivity index (χ1) is 15.5. The van der Waals surface area contributed by atoms with Crippen molar-refractivity contribution in [3.63, 3.8) is 0 Å². The molecule has 0 bridgehead atoms. The van der Waals surface area contributed by atoms with Crippen molar-refractivity contribution in [2.75, 3.05) is 13.6 Å². The Kier molecular flexibility index (Phi) is 6.70. The van der Waals surface area contributed by atoms with E-state index in [0.29, 0.717) is 31.0 Å². The number of para-hydroxylation sites is 1. The Balaban J connectivity index is 1.42. The van der Waals surface area contributed by atoms with E-state index in [9.17, 15) is 9.59 Å². The summed E-state index contributed by atoms with van der Waals surface area (Å²) in [6.45, 7) is 3.04. The lowest BCUT2D eigenvalue weighted by atomic mass is 10.1. The Bertz CT molecular complexity index is 1060. The molecule has 0 radical (unpaired) electrons. The van der Waals surface area contributed by atoms with Crippen LogP contribution in [-0.4, -0.2) is 41.4 Å². The van der Waals surface area contributed by atoms with Crippen molar-refractivity contribution in [3.05, 3.63) is 70.9 Å². The highest BCUT2D eigenvalue weighted by Gasteiger charge is 2.36. The van der Waals surface area contributed by atoms with Crippen LogP contribution in [0.3, 0.4) is 0 Å². The van der Waals surface area contributed by atoms with Crippen LogP contribution in [0.25, 0.3) is 11.0 Å². The van der Waals surface area contributed by atoms with Crippen LogP contribution < -0.4 is 5.32 Å². The fraction of sp³-hybridized carbons (Fsp3) is 0.360. The second-order valence-electron chi connectivity index (χ2n) is 8.27. The maximum atomic E-state index is 13.1. The molecule has 0 unspecified atom stereocenters. The number of urea groups is 1. The summed E-state index contributed by atoms with van der Waals surface area (Å²) in [5, 5.41) is 4.74. The average Bonchev–Trinajstić information content (AvgIpc) is 3.45. The Morgan fingerprint density at radius 1 is 1.22 bits per heavy atom. The van der Waals surface area contributed by atoms with Gasteiger partial charge in [0.25, 0.3) is 0 Å². The molecule has 1 N–H and O–H groups in total. The lowest BCUT2D eigenvalue weighted by Crippen LogP contribution is -2.50. The predicted molar refractivity (Wildman–Crippen MR) is 125 cm³/mol. The van der Waals surface area contributed by atoms with Crippen LogP contribution >= 0.6 is 11.6 Å². The molecule has 0 saturated carbocycles. The molecule has 3 amide bonds. The second-order valence-corrected chi connectivity index (χ2v) is 8.71. The number of fused-ring (bicyclic) bond motifs is 1. The third-order valence-electron chi connectivity index (χ3n) is 6.00. The molecule has 1 aromatic heterocycles. The SMILES string of the molecule is CC[C@H](NC(=O)N1CCC[C@@H]1C(=O)N(C)Cc1ccc(Cl)cc1)c1cc2ccccc2o1. The molecule has 2 atom stereocenters. The van der Waals surface area contributed by atoms with Gasteiger partial charge >= 0.3 is 6.03 Å². The van der Waals surface area contributed by atoms with E-state index < -0.39 is 6.04 Å². The number of likely N-dealkylation sites (N-methyl/N-ethyl adjacent to an activating group) is 1. The van der Waals surface area contributed by atoms with Gasteiger partial charge in [0.1, 0.15) is 17.4 Å². The van der Waals surface area contributed by atoms with Crippen molar-refractivity contribution >= 4 is 34.5 Å². The summed E-state index contributed by atoms with van der Waals surface area (Å²) in [6, 6.07) is 16.3. The molecule has 1 fully saturated rings. The number of likely N-dealkylation sites (tertiary alicyclic amines) is 1. The van der Waals surface area contributed by atoms with Crippen LogP contribution in [0.1, 0.15) is 43.6 Å². The number of carbonyl (C=O) groups excluding carboxylic acids is 2. The standard InChI is InChI=1S/C25H28ClN3O3/c1-3-20(23-15-18-7-4-5-9-22(18)32-23)27-25(31)29-14-6-8-21(29)24(30)28(2)16-17-10-12-19(26)13-11-17/h4-5,7,9-13,15,20-21H,3,6,8,14,16H2,1-2H3,(H,27,31)/t20-,21+/m0/s1. The molecule has 168 valence electrons. The highest BCUT2D eigenvalue weighted by atomic mass is 35.5. The summed E-state index contributed by atoms with van der Waals surface area (Å²) in [5.41, 5.74) is 1.79. The molecule has 2 heterocycles. The molecule has 1 aliphatic heterocycles. The molecule has 3 aromatic rings. The van der Waals surface area contributed by atoms with Crippen LogP contribution in [0.15, 0.2) is 59.0 Å². The summed E-state index contributed by atoms with van der Waals surface area (Å²) in [7, 11) is 1.77. The minimum atomic E-state index is -0.458. The minimum Gasteiger partial charge on any atom is -0.459 e. The molecule has 1 saturated heterocycles. The first-order valence-corrected chi connectivity index (χ1v) is 11.4. The monoisotopic (exact) mass is 453 g/mol. The summed E-state index contributed by atoms with van der Waals surface area (Å²) < 4.78 is 5.95. The van der Waals surface area contributed by atoms with Crippen molar-refractivity contribution in [2.24, 2.45) is 0 Å². The largest absolute Gasteiger partial charge is 0.459 e. The number of nitrogens with zero attached hydrogens (tertiary/aromatic N) is 2. The highest BCUT2D eigenvalue weighted by molar-refractivity contribution is 6.30. The third-order valence-corrected chi connectivity index (χ3v) is 6.25. The van der Waals surface area contributed by atoms with Crippen LogP contribution in [-0.2, 0) is 11.3 Å². The van der Waals surface area contributed by atoms with Gasteiger partial charge in [-0.25, -0.2) is 4.79 Å². The van der Waals surface area contributed by atoms with E-state index >= 15 is 0 Å². The van der Waals surface area contributed by atoms with Crippen LogP contribution in [0.2, 0.25) is 5.02 Å². The highest BCUT2D eigenvalue weighted by Crippen LogP contribution is 2.27. The van der Waals surface area contributed by atoms with E-state index in [1.807, 2.05) is 61.5 Å². The Morgan fingerprint density at radius 3 is 2.69 bits per heavy atom. The van der Waals surface area contributed by atoms with E-state index in [1.54, 1.807) is 16.8 Å². The predicted octanol–water partition coefficient (Wildman–Crippen LogP) is 5.37. The Labute approximate surface area is 193 Å². The van der Waals surface area contributed by atoms with Gasteiger partial charge in [0.2, 0.25) is 5.91 Å². The van der Waals surface area contributed by atoms with Crippen molar-refractivity contribution in [1.82, 2.24) is 15.1 Å². The van der Waals surface area contributed by atoms with Crippen molar-refractivity contribution < 1.29 is 14.0 Å². The van der Waals surface area contributed by atoms with Crippen LogP contribution in [0.4, 0.5) is 4.79 Å². The van der Waals surface area contributed by atoms with Crippen molar-refractivity contribution in [2.45, 2.75) is 44.8 Å². The Hall–Kier alpha value is -2.99. The summed E-state index contributed by atoms with van der Waals surface area (Å²) in [5.74, 6) is 0.674. The van der Waals surface area contributed by atoms with E-state index in [-0.39, 0.29) is 18.0 Å². The normalized spacial score (nSPS) is 16.8. The molecular weight excluding hydrogens is 426 g/mol. The number of hydrogen-bond acceptors (Lipinski definition) is 3. The number of benzene rings is 2. The second kappa shape index (κ2) is 9.65. The van der Waals surface area contributed by atoms with Gasteiger partial charge in [-0.3, -0.25) is 4.79 Å². The third kappa shape index (κ3) is 4.75. The fourth-order valence-corrected chi connectivity index (χ4v) is 4.37. The van der Waals surface area contributed by atoms with E-state index in [0.717, 1.165) is 28.7 Å². The molecule has 4 rings (SSSR count). The quantitative estimate of drug-likeness (QED) is 0.545. The number of halogens is 1. The van der Waals surface area contributed by atoms with Gasteiger partial charge in [0, 0.05) is 30.5 Å². The molecule has 1 aliphatic rings. The molecule has 0 aliphatic carbocycles. The molecular formula is C25H28ClN3O3. The molecule has 2 aromatic carbocycles. The molecule has 7 heteroatoms. The summed E-state index contributed by atoms with van der Waals surface area (Å²) >= 11 is 5.95. The molecule has 32 heavy (non-hydrogen) atoms. The molecule has 0 spiro atoms. The van der Waals surface area contributed by atoms with Gasteiger partial charge in [0.15, 0.2) is 0 Å². The number of hydrogen-bond donors (Lipinski definition) is 1. The van der Waals surface area contributed by atoms with Crippen LogP contribution in [0, 0.1) is 0 Å². The van der Waals surface area contributed by atoms with Gasteiger partial charge in [-0.15, -0.1) is 0 Å². The van der Waals surface area contributed by atoms with E-state index in [1.165, 1.54) is 0 Å². The molecule has 6 nitrogen and oxygen atoms in total. The van der Waals surface area contributed by atoms with E-state index in [2.05, 4.69) is 5.32 Å². The zero-order chi connectivity index (χ0) is 22.7. The zero-order valence-corrected chi connectivity index (χ0v) is 19.1. The smallest absolute Gasteiger partial charge is 0.318 e. The fourth-order valence-electron chi connectivity index (χ4n) is 4.24. The topological polar surface area (TPSA) is 65.8 Å². The van der Waals surface area contributed by atoms with Gasteiger partial charge in [0.05, 0.1) is 6.04 Å². The van der Waals surface area contributed by atoms with Gasteiger partial charge in [-0.05, 0) is 49.1 Å². The van der Waals surface area contributed by atoms with Crippen molar-refractivity contribution in [3.8, 4) is 0 Å². The number of furan rings is 1.